The summed E-state index contributed by atoms with van der Waals surface area (Å²) in [5, 5.41) is 12.6. The molecule has 2 aromatic rings. The number of nitrogens with zero attached hydrogens (tertiary/aromatic N) is 1. The van der Waals surface area contributed by atoms with Gasteiger partial charge in [0.2, 0.25) is 0 Å². The minimum atomic E-state index is -0.954. The molecule has 1 aliphatic carbocycles. The monoisotopic (exact) mass is 268 g/mol. The van der Waals surface area contributed by atoms with Crippen LogP contribution in [0.5, 0.6) is 0 Å². The number of rotatable bonds is 3. The summed E-state index contributed by atoms with van der Waals surface area (Å²) < 4.78 is 0. The van der Waals surface area contributed by atoms with Crippen LogP contribution in [0.25, 0.3) is 0 Å². The number of anilines is 1. The van der Waals surface area contributed by atoms with Gasteiger partial charge in [-0.25, -0.2) is 4.79 Å². The molecule has 0 amide bonds. The van der Waals surface area contributed by atoms with Crippen LogP contribution in [-0.2, 0) is 6.42 Å². The van der Waals surface area contributed by atoms with Gasteiger partial charge in [0.05, 0.1) is 11.7 Å². The summed E-state index contributed by atoms with van der Waals surface area (Å²) in [6, 6.07) is 10.2. The highest BCUT2D eigenvalue weighted by Crippen LogP contribution is 2.33. The van der Waals surface area contributed by atoms with E-state index in [1.54, 1.807) is 12.3 Å². The summed E-state index contributed by atoms with van der Waals surface area (Å²) in [6.07, 6.45) is 6.22. The molecule has 1 aliphatic rings. The van der Waals surface area contributed by atoms with Crippen molar-refractivity contribution in [3.8, 4) is 0 Å². The van der Waals surface area contributed by atoms with Crippen LogP contribution in [0.3, 0.4) is 0 Å². The predicted molar refractivity (Wildman–Crippen MR) is 76.9 cm³/mol. The molecule has 20 heavy (non-hydrogen) atoms. The number of carboxylic acids is 1. The van der Waals surface area contributed by atoms with Gasteiger partial charge in [0.15, 0.2) is 0 Å². The van der Waals surface area contributed by atoms with E-state index in [0.29, 0.717) is 5.69 Å². The van der Waals surface area contributed by atoms with E-state index in [4.69, 9.17) is 0 Å². The van der Waals surface area contributed by atoms with Gasteiger partial charge in [0, 0.05) is 12.4 Å². The van der Waals surface area contributed by atoms with Crippen LogP contribution in [-0.4, -0.2) is 16.1 Å². The van der Waals surface area contributed by atoms with Crippen LogP contribution in [0.2, 0.25) is 0 Å². The molecule has 102 valence electrons. The molecule has 0 saturated heterocycles. The summed E-state index contributed by atoms with van der Waals surface area (Å²) in [5.41, 5.74) is 3.47. The molecule has 0 saturated carbocycles. The molecule has 1 heterocycles. The van der Waals surface area contributed by atoms with Crippen LogP contribution in [0.4, 0.5) is 5.69 Å². The van der Waals surface area contributed by atoms with Crippen LogP contribution in [0, 0.1) is 0 Å². The number of nitrogens with one attached hydrogen (secondary N) is 1. The van der Waals surface area contributed by atoms with E-state index in [-0.39, 0.29) is 11.6 Å². The van der Waals surface area contributed by atoms with Crippen LogP contribution >= 0.6 is 0 Å². The molecule has 0 radical (unpaired) electrons. The number of pyridine rings is 1. The van der Waals surface area contributed by atoms with Crippen LogP contribution in [0.15, 0.2) is 42.7 Å². The highest BCUT2D eigenvalue weighted by molar-refractivity contribution is 5.93. The summed E-state index contributed by atoms with van der Waals surface area (Å²) in [6.45, 7) is 0. The minimum absolute atomic E-state index is 0.167. The number of aryl methyl sites for hydroxylation is 1. The van der Waals surface area contributed by atoms with Crippen molar-refractivity contribution in [1.82, 2.24) is 4.98 Å². The van der Waals surface area contributed by atoms with Crippen molar-refractivity contribution < 1.29 is 9.90 Å². The summed E-state index contributed by atoms with van der Waals surface area (Å²) in [4.78, 5) is 15.1. The lowest BCUT2D eigenvalue weighted by atomic mass is 9.87. The Morgan fingerprint density at radius 3 is 3.00 bits per heavy atom. The van der Waals surface area contributed by atoms with Crippen molar-refractivity contribution in [3.05, 3.63) is 59.4 Å². The number of aromatic carboxylic acids is 1. The fourth-order valence-electron chi connectivity index (χ4n) is 2.78. The maximum Gasteiger partial charge on any atom is 0.339 e. The van der Waals surface area contributed by atoms with E-state index in [0.717, 1.165) is 19.3 Å². The zero-order valence-electron chi connectivity index (χ0n) is 11.0. The Bertz CT molecular complexity index is 640. The van der Waals surface area contributed by atoms with E-state index >= 15 is 0 Å². The molecule has 2 N–H and O–H groups in total. The van der Waals surface area contributed by atoms with Gasteiger partial charge >= 0.3 is 5.97 Å². The van der Waals surface area contributed by atoms with Gasteiger partial charge in [-0.3, -0.25) is 4.98 Å². The van der Waals surface area contributed by atoms with Gasteiger partial charge < -0.3 is 10.4 Å². The van der Waals surface area contributed by atoms with Crippen molar-refractivity contribution in [2.24, 2.45) is 0 Å². The third-order valence-corrected chi connectivity index (χ3v) is 3.75. The molecule has 0 fully saturated rings. The van der Waals surface area contributed by atoms with Gasteiger partial charge in [0.1, 0.15) is 5.56 Å². The Morgan fingerprint density at radius 2 is 2.15 bits per heavy atom. The smallest absolute Gasteiger partial charge is 0.339 e. The van der Waals surface area contributed by atoms with E-state index in [2.05, 4.69) is 28.5 Å². The molecule has 4 nitrogen and oxygen atoms in total. The molecule has 1 atom stereocenters. The summed E-state index contributed by atoms with van der Waals surface area (Å²) in [5.74, 6) is -0.954. The number of hydrogen-bond donors (Lipinski definition) is 2. The second-order valence-corrected chi connectivity index (χ2v) is 5.01. The number of aromatic nitrogens is 1. The molecule has 0 bridgehead atoms. The maximum absolute atomic E-state index is 11.2. The third kappa shape index (κ3) is 2.37. The molecule has 4 heteroatoms. The number of carboxylic acid groups (broad SMARTS) is 1. The molecule has 0 spiro atoms. The lowest BCUT2D eigenvalue weighted by molar-refractivity contribution is 0.0697. The average molecular weight is 268 g/mol. The topological polar surface area (TPSA) is 62.2 Å². The molecular formula is C16H16N2O2. The van der Waals surface area contributed by atoms with Gasteiger partial charge in [-0.1, -0.05) is 24.3 Å². The molecule has 1 unspecified atom stereocenters. The van der Waals surface area contributed by atoms with E-state index in [1.807, 2.05) is 6.07 Å². The molecule has 1 aromatic heterocycles. The average Bonchev–Trinajstić information content (AvgIpc) is 2.48. The second kappa shape index (κ2) is 5.33. The SMILES string of the molecule is O=C(O)c1cnccc1NC1CCCc2ccccc21. The highest BCUT2D eigenvalue weighted by atomic mass is 16.4. The van der Waals surface area contributed by atoms with Crippen molar-refractivity contribution >= 4 is 11.7 Å². The van der Waals surface area contributed by atoms with E-state index < -0.39 is 5.97 Å². The third-order valence-electron chi connectivity index (χ3n) is 3.75. The fraction of sp³-hybridized carbons (Fsp3) is 0.250. The van der Waals surface area contributed by atoms with E-state index in [1.165, 1.54) is 17.3 Å². The molecular weight excluding hydrogens is 252 g/mol. The van der Waals surface area contributed by atoms with Crippen molar-refractivity contribution in [2.75, 3.05) is 5.32 Å². The van der Waals surface area contributed by atoms with Gasteiger partial charge in [-0.15, -0.1) is 0 Å². The first-order valence-corrected chi connectivity index (χ1v) is 6.77. The van der Waals surface area contributed by atoms with Crippen LogP contribution in [0.1, 0.15) is 40.4 Å². The first kappa shape index (κ1) is 12.7. The predicted octanol–water partition coefficient (Wildman–Crippen LogP) is 3.27. The van der Waals surface area contributed by atoms with Crippen molar-refractivity contribution in [2.45, 2.75) is 25.3 Å². The zero-order chi connectivity index (χ0) is 13.9. The Labute approximate surface area is 117 Å². The maximum atomic E-state index is 11.2. The largest absolute Gasteiger partial charge is 0.478 e. The first-order chi connectivity index (χ1) is 9.75. The van der Waals surface area contributed by atoms with Crippen LogP contribution < -0.4 is 5.32 Å². The normalized spacial score (nSPS) is 17.3. The summed E-state index contributed by atoms with van der Waals surface area (Å²) >= 11 is 0. The van der Waals surface area contributed by atoms with Gasteiger partial charge in [0.25, 0.3) is 0 Å². The standard InChI is InChI=1S/C16H16N2O2/c19-16(20)13-10-17-9-8-15(13)18-14-7-3-5-11-4-1-2-6-12(11)14/h1-2,4,6,8-10,14H,3,5,7H2,(H,17,18)(H,19,20). The number of hydrogen-bond acceptors (Lipinski definition) is 3. The molecule has 1 aromatic carbocycles. The zero-order valence-corrected chi connectivity index (χ0v) is 11.0. The molecule has 3 rings (SSSR count). The first-order valence-electron chi connectivity index (χ1n) is 6.77. The number of carbonyl (C=O) groups is 1. The Kier molecular flexibility index (Phi) is 3.37. The number of benzene rings is 1. The highest BCUT2D eigenvalue weighted by Gasteiger charge is 2.21. The Balaban J connectivity index is 1.92. The summed E-state index contributed by atoms with van der Waals surface area (Å²) in [7, 11) is 0. The number of fused-ring (bicyclic) bond motifs is 1. The second-order valence-electron chi connectivity index (χ2n) is 5.01. The Hall–Kier alpha value is -2.36. The lowest BCUT2D eigenvalue weighted by Gasteiger charge is -2.27. The van der Waals surface area contributed by atoms with Gasteiger partial charge in [-0.05, 0) is 36.5 Å². The minimum Gasteiger partial charge on any atom is -0.478 e. The van der Waals surface area contributed by atoms with Crippen molar-refractivity contribution in [1.29, 1.82) is 0 Å². The lowest BCUT2D eigenvalue weighted by Crippen LogP contribution is -2.18. The van der Waals surface area contributed by atoms with E-state index in [9.17, 15) is 9.90 Å². The van der Waals surface area contributed by atoms with Crippen molar-refractivity contribution in [3.63, 3.8) is 0 Å². The Morgan fingerprint density at radius 1 is 1.30 bits per heavy atom. The quantitative estimate of drug-likeness (QED) is 0.896. The molecule has 0 aliphatic heterocycles. The van der Waals surface area contributed by atoms with Gasteiger partial charge in [-0.2, -0.15) is 0 Å². The fourth-order valence-corrected chi connectivity index (χ4v) is 2.78.